The third-order valence-corrected chi connectivity index (χ3v) is 4.94. The molecule has 114 valence electrons. The minimum Gasteiger partial charge on any atom is -0.389 e. The minimum absolute atomic E-state index is 0.0115. The SMILES string of the molecule is Cc1cnc2c(S(=O)(=O)N(C)CC(C)(C)O)cccc2c1. The molecule has 2 rings (SSSR count). The monoisotopic (exact) mass is 308 g/mol. The number of sulfonamides is 1. The van der Waals surface area contributed by atoms with Gasteiger partial charge in [0.15, 0.2) is 0 Å². The van der Waals surface area contributed by atoms with Gasteiger partial charge in [0.2, 0.25) is 10.0 Å². The maximum atomic E-state index is 12.7. The van der Waals surface area contributed by atoms with E-state index in [1.54, 1.807) is 32.2 Å². The number of rotatable bonds is 4. The molecule has 1 N–H and O–H groups in total. The van der Waals surface area contributed by atoms with Gasteiger partial charge in [0.05, 0.1) is 11.1 Å². The Morgan fingerprint density at radius 3 is 2.62 bits per heavy atom. The van der Waals surface area contributed by atoms with E-state index in [9.17, 15) is 13.5 Å². The summed E-state index contributed by atoms with van der Waals surface area (Å²) in [4.78, 5) is 4.42. The number of fused-ring (bicyclic) bond motifs is 1. The first kappa shape index (κ1) is 15.9. The summed E-state index contributed by atoms with van der Waals surface area (Å²) in [5, 5.41) is 10.6. The molecular formula is C15H20N2O3S. The Morgan fingerprint density at radius 1 is 1.33 bits per heavy atom. The van der Waals surface area contributed by atoms with Crippen LogP contribution in [0.4, 0.5) is 0 Å². The normalized spacial score (nSPS) is 13.0. The molecule has 21 heavy (non-hydrogen) atoms. The van der Waals surface area contributed by atoms with Gasteiger partial charge in [-0.2, -0.15) is 4.31 Å². The van der Waals surface area contributed by atoms with Crippen LogP contribution in [0.1, 0.15) is 19.4 Å². The molecule has 0 saturated carbocycles. The van der Waals surface area contributed by atoms with Gasteiger partial charge >= 0.3 is 0 Å². The van der Waals surface area contributed by atoms with Gasteiger partial charge in [-0.05, 0) is 38.5 Å². The molecule has 0 bridgehead atoms. The summed E-state index contributed by atoms with van der Waals surface area (Å²) in [6.45, 7) is 5.07. The number of aliphatic hydroxyl groups is 1. The average Bonchev–Trinajstić information content (AvgIpc) is 2.35. The van der Waals surface area contributed by atoms with Crippen LogP contribution in [0, 0.1) is 6.92 Å². The summed E-state index contributed by atoms with van der Waals surface area (Å²) in [6, 6.07) is 6.98. The number of aryl methyl sites for hydroxylation is 1. The van der Waals surface area contributed by atoms with Gasteiger partial charge in [-0.25, -0.2) is 8.42 Å². The summed E-state index contributed by atoms with van der Waals surface area (Å²) in [5.41, 5.74) is 0.323. The van der Waals surface area contributed by atoms with E-state index in [-0.39, 0.29) is 11.4 Å². The summed E-state index contributed by atoms with van der Waals surface area (Å²) in [6.07, 6.45) is 1.65. The Balaban J connectivity index is 2.55. The van der Waals surface area contributed by atoms with E-state index >= 15 is 0 Å². The fraction of sp³-hybridized carbons (Fsp3) is 0.400. The van der Waals surface area contributed by atoms with E-state index in [1.807, 2.05) is 19.1 Å². The number of likely N-dealkylation sites (N-methyl/N-ethyl adjacent to an activating group) is 1. The largest absolute Gasteiger partial charge is 0.389 e. The molecule has 0 fully saturated rings. The highest BCUT2D eigenvalue weighted by atomic mass is 32.2. The van der Waals surface area contributed by atoms with Crippen LogP contribution in [0.15, 0.2) is 35.4 Å². The van der Waals surface area contributed by atoms with Crippen LogP contribution < -0.4 is 0 Å². The van der Waals surface area contributed by atoms with Crippen molar-refractivity contribution in [2.45, 2.75) is 31.3 Å². The van der Waals surface area contributed by atoms with Crippen molar-refractivity contribution in [3.63, 3.8) is 0 Å². The third-order valence-electron chi connectivity index (χ3n) is 3.11. The highest BCUT2D eigenvalue weighted by Crippen LogP contribution is 2.24. The van der Waals surface area contributed by atoms with Crippen LogP contribution in [0.25, 0.3) is 10.9 Å². The molecule has 6 heteroatoms. The number of nitrogens with zero attached hydrogens (tertiary/aromatic N) is 2. The van der Waals surface area contributed by atoms with E-state index in [1.165, 1.54) is 7.05 Å². The van der Waals surface area contributed by atoms with Crippen LogP contribution >= 0.6 is 0 Å². The number of pyridine rings is 1. The minimum atomic E-state index is -3.70. The van der Waals surface area contributed by atoms with Crippen molar-refractivity contribution in [2.24, 2.45) is 0 Å². The second-order valence-corrected chi connectivity index (χ2v) is 7.93. The molecule has 0 saturated heterocycles. The molecule has 0 amide bonds. The van der Waals surface area contributed by atoms with Gasteiger partial charge in [-0.3, -0.25) is 4.98 Å². The smallest absolute Gasteiger partial charge is 0.245 e. The molecule has 0 unspecified atom stereocenters. The van der Waals surface area contributed by atoms with Crippen molar-refractivity contribution in [2.75, 3.05) is 13.6 Å². The quantitative estimate of drug-likeness (QED) is 0.937. The second kappa shape index (κ2) is 5.36. The fourth-order valence-electron chi connectivity index (χ4n) is 2.25. The number of hydrogen-bond donors (Lipinski definition) is 1. The van der Waals surface area contributed by atoms with E-state index in [4.69, 9.17) is 0 Å². The van der Waals surface area contributed by atoms with E-state index in [0.717, 1.165) is 15.3 Å². The Kier molecular flexibility index (Phi) is 4.06. The number of hydrogen-bond acceptors (Lipinski definition) is 4. The van der Waals surface area contributed by atoms with Crippen LogP contribution in [-0.4, -0.2) is 42.0 Å². The van der Waals surface area contributed by atoms with Gasteiger partial charge < -0.3 is 5.11 Å². The number of para-hydroxylation sites is 1. The van der Waals surface area contributed by atoms with Crippen LogP contribution in [0.3, 0.4) is 0 Å². The third kappa shape index (κ3) is 3.40. The van der Waals surface area contributed by atoms with Gasteiger partial charge in [-0.15, -0.1) is 0 Å². The second-order valence-electron chi connectivity index (χ2n) is 5.91. The molecule has 0 aliphatic heterocycles. The average molecular weight is 308 g/mol. The van der Waals surface area contributed by atoms with Crippen molar-refractivity contribution in [3.8, 4) is 0 Å². The van der Waals surface area contributed by atoms with Crippen LogP contribution in [0.2, 0.25) is 0 Å². The lowest BCUT2D eigenvalue weighted by molar-refractivity contribution is 0.0640. The van der Waals surface area contributed by atoms with Crippen LogP contribution in [0.5, 0.6) is 0 Å². The summed E-state index contributed by atoms with van der Waals surface area (Å²) < 4.78 is 26.5. The topological polar surface area (TPSA) is 70.5 Å². The van der Waals surface area contributed by atoms with Gasteiger partial charge in [0.1, 0.15) is 4.90 Å². The predicted molar refractivity (Wildman–Crippen MR) is 82.6 cm³/mol. The van der Waals surface area contributed by atoms with Crippen molar-refractivity contribution in [1.82, 2.24) is 9.29 Å². The molecule has 2 aromatic rings. The molecule has 0 radical (unpaired) electrons. The molecule has 1 aromatic carbocycles. The van der Waals surface area contributed by atoms with Gasteiger partial charge in [0, 0.05) is 25.2 Å². The van der Waals surface area contributed by atoms with Crippen molar-refractivity contribution in [1.29, 1.82) is 0 Å². The zero-order chi connectivity index (χ0) is 15.8. The molecule has 1 aromatic heterocycles. The maximum absolute atomic E-state index is 12.7. The molecular weight excluding hydrogens is 288 g/mol. The Hall–Kier alpha value is -1.50. The first-order chi connectivity index (χ1) is 9.61. The first-order valence-corrected chi connectivity index (χ1v) is 8.09. The predicted octanol–water partition coefficient (Wildman–Crippen LogP) is 1.93. The summed E-state index contributed by atoms with van der Waals surface area (Å²) in [7, 11) is -2.24. The first-order valence-electron chi connectivity index (χ1n) is 6.65. The Morgan fingerprint density at radius 2 is 2.00 bits per heavy atom. The van der Waals surface area contributed by atoms with Gasteiger partial charge in [-0.1, -0.05) is 12.1 Å². The summed E-state index contributed by atoms with van der Waals surface area (Å²) >= 11 is 0. The van der Waals surface area contributed by atoms with Crippen molar-refractivity contribution < 1.29 is 13.5 Å². The zero-order valence-corrected chi connectivity index (χ0v) is 13.5. The molecule has 1 heterocycles. The lowest BCUT2D eigenvalue weighted by Crippen LogP contribution is -2.39. The Labute approximate surface area is 125 Å². The molecule has 0 aliphatic rings. The molecule has 0 aliphatic carbocycles. The number of benzene rings is 1. The molecule has 0 spiro atoms. The van der Waals surface area contributed by atoms with E-state index in [2.05, 4.69) is 4.98 Å². The van der Waals surface area contributed by atoms with Crippen LogP contribution in [-0.2, 0) is 10.0 Å². The number of aromatic nitrogens is 1. The lowest BCUT2D eigenvalue weighted by atomic mass is 10.1. The zero-order valence-electron chi connectivity index (χ0n) is 12.7. The van der Waals surface area contributed by atoms with Crippen molar-refractivity contribution in [3.05, 3.63) is 36.0 Å². The molecule has 0 atom stereocenters. The Bertz CT molecular complexity index is 764. The highest BCUT2D eigenvalue weighted by Gasteiger charge is 2.28. The van der Waals surface area contributed by atoms with E-state index < -0.39 is 15.6 Å². The van der Waals surface area contributed by atoms with Gasteiger partial charge in [0.25, 0.3) is 0 Å². The highest BCUT2D eigenvalue weighted by molar-refractivity contribution is 7.89. The summed E-state index contributed by atoms with van der Waals surface area (Å²) in [5.74, 6) is 0. The standard InChI is InChI=1S/C15H20N2O3S/c1-11-8-12-6-5-7-13(14(12)16-9-11)21(19,20)17(4)10-15(2,3)18/h5-9,18H,10H2,1-4H3. The fourth-order valence-corrected chi connectivity index (χ4v) is 3.74. The molecule has 5 nitrogen and oxygen atoms in total. The van der Waals surface area contributed by atoms with E-state index in [0.29, 0.717) is 5.52 Å². The maximum Gasteiger partial charge on any atom is 0.245 e. The van der Waals surface area contributed by atoms with Crippen molar-refractivity contribution >= 4 is 20.9 Å². The lowest BCUT2D eigenvalue weighted by Gasteiger charge is -2.25.